The molecule has 0 saturated heterocycles. The number of aryl methyl sites for hydroxylation is 1. The van der Waals surface area contributed by atoms with Crippen molar-refractivity contribution in [3.05, 3.63) is 48.3 Å². The molecule has 0 saturated carbocycles. The van der Waals surface area contributed by atoms with Crippen LogP contribution in [0.25, 0.3) is 11.1 Å². The summed E-state index contributed by atoms with van der Waals surface area (Å²) in [5.74, 6) is 0. The van der Waals surface area contributed by atoms with Crippen molar-refractivity contribution in [3.8, 4) is 11.1 Å². The topological polar surface area (TPSA) is 12.9 Å². The normalized spacial score (nSPS) is 10.3. The van der Waals surface area contributed by atoms with Crippen molar-refractivity contribution < 1.29 is 0 Å². The molecule has 0 bridgehead atoms. The van der Waals surface area contributed by atoms with Crippen LogP contribution in [0.3, 0.4) is 0 Å². The lowest BCUT2D eigenvalue weighted by Crippen LogP contribution is -1.86. The molecule has 0 atom stereocenters. The molecule has 0 fully saturated rings. The van der Waals surface area contributed by atoms with Gasteiger partial charge in [-0.1, -0.05) is 24.3 Å². The number of hydrogen-bond donors (Lipinski definition) is 0. The van der Waals surface area contributed by atoms with E-state index in [4.69, 9.17) is 0 Å². The van der Waals surface area contributed by atoms with E-state index in [1.807, 2.05) is 12.4 Å². The second kappa shape index (κ2) is 4.49. The predicted molar refractivity (Wildman–Crippen MR) is 66.2 cm³/mol. The molecule has 76 valence electrons. The number of benzene rings is 1. The molecule has 2 rings (SSSR count). The van der Waals surface area contributed by atoms with E-state index in [0.29, 0.717) is 0 Å². The quantitative estimate of drug-likeness (QED) is 0.707. The van der Waals surface area contributed by atoms with Gasteiger partial charge in [-0.25, -0.2) is 0 Å². The first-order valence-corrected chi connectivity index (χ1v) is 6.09. The van der Waals surface area contributed by atoms with Crippen LogP contribution < -0.4 is 0 Å². The summed E-state index contributed by atoms with van der Waals surface area (Å²) < 4.78 is 0. The first kappa shape index (κ1) is 10.2. The van der Waals surface area contributed by atoms with Crippen molar-refractivity contribution in [1.29, 1.82) is 0 Å². The SMILES string of the molecule is CSc1ccncc1-c1ccccc1C. The Labute approximate surface area is 94.6 Å². The van der Waals surface area contributed by atoms with E-state index in [2.05, 4.69) is 48.5 Å². The van der Waals surface area contributed by atoms with E-state index in [0.717, 1.165) is 0 Å². The predicted octanol–water partition coefficient (Wildman–Crippen LogP) is 3.78. The van der Waals surface area contributed by atoms with Gasteiger partial charge in [-0.2, -0.15) is 0 Å². The average Bonchev–Trinajstić information content (AvgIpc) is 2.30. The van der Waals surface area contributed by atoms with Crippen molar-refractivity contribution in [2.45, 2.75) is 11.8 Å². The van der Waals surface area contributed by atoms with Crippen molar-refractivity contribution in [1.82, 2.24) is 4.98 Å². The average molecular weight is 215 g/mol. The monoisotopic (exact) mass is 215 g/mol. The number of rotatable bonds is 2. The van der Waals surface area contributed by atoms with Crippen LogP contribution in [-0.2, 0) is 0 Å². The maximum absolute atomic E-state index is 4.20. The molecular formula is C13H13NS. The van der Waals surface area contributed by atoms with Crippen LogP contribution in [0.4, 0.5) is 0 Å². The number of aromatic nitrogens is 1. The third kappa shape index (κ3) is 2.05. The molecule has 1 heterocycles. The molecule has 2 aromatic rings. The molecule has 0 spiro atoms. The minimum Gasteiger partial charge on any atom is -0.264 e. The van der Waals surface area contributed by atoms with Crippen molar-refractivity contribution in [3.63, 3.8) is 0 Å². The fourth-order valence-electron chi connectivity index (χ4n) is 1.64. The Kier molecular flexibility index (Phi) is 3.07. The molecule has 15 heavy (non-hydrogen) atoms. The van der Waals surface area contributed by atoms with Gasteiger partial charge in [-0.05, 0) is 30.4 Å². The van der Waals surface area contributed by atoms with Gasteiger partial charge in [-0.15, -0.1) is 11.8 Å². The number of pyridine rings is 1. The summed E-state index contributed by atoms with van der Waals surface area (Å²) in [6.07, 6.45) is 5.87. The Morgan fingerprint density at radius 2 is 1.87 bits per heavy atom. The highest BCUT2D eigenvalue weighted by molar-refractivity contribution is 7.98. The van der Waals surface area contributed by atoms with Gasteiger partial charge in [0.1, 0.15) is 0 Å². The lowest BCUT2D eigenvalue weighted by molar-refractivity contribution is 1.26. The van der Waals surface area contributed by atoms with Gasteiger partial charge in [-0.3, -0.25) is 4.98 Å². The number of nitrogens with zero attached hydrogens (tertiary/aromatic N) is 1. The molecule has 1 aromatic carbocycles. The van der Waals surface area contributed by atoms with Crippen LogP contribution in [0, 0.1) is 6.92 Å². The summed E-state index contributed by atoms with van der Waals surface area (Å²) in [4.78, 5) is 5.47. The molecule has 1 nitrogen and oxygen atoms in total. The first-order chi connectivity index (χ1) is 7.33. The van der Waals surface area contributed by atoms with Crippen molar-refractivity contribution >= 4 is 11.8 Å². The molecule has 0 aliphatic rings. The Bertz CT molecular complexity index is 466. The van der Waals surface area contributed by atoms with Gasteiger partial charge in [0.2, 0.25) is 0 Å². The zero-order valence-corrected chi connectivity index (χ0v) is 9.71. The van der Waals surface area contributed by atoms with E-state index >= 15 is 0 Å². The summed E-state index contributed by atoms with van der Waals surface area (Å²) in [6, 6.07) is 10.5. The Hall–Kier alpha value is -1.28. The largest absolute Gasteiger partial charge is 0.264 e. The summed E-state index contributed by atoms with van der Waals surface area (Å²) >= 11 is 1.76. The lowest BCUT2D eigenvalue weighted by atomic mass is 10.0. The zero-order valence-electron chi connectivity index (χ0n) is 8.90. The van der Waals surface area contributed by atoms with Crippen molar-refractivity contribution in [2.24, 2.45) is 0 Å². The highest BCUT2D eigenvalue weighted by Gasteiger charge is 2.05. The van der Waals surface area contributed by atoms with Crippen LogP contribution in [0.1, 0.15) is 5.56 Å². The highest BCUT2D eigenvalue weighted by atomic mass is 32.2. The van der Waals surface area contributed by atoms with Gasteiger partial charge < -0.3 is 0 Å². The molecular weight excluding hydrogens is 202 g/mol. The Morgan fingerprint density at radius 1 is 1.07 bits per heavy atom. The molecule has 0 radical (unpaired) electrons. The second-order valence-electron chi connectivity index (χ2n) is 3.39. The maximum Gasteiger partial charge on any atom is 0.0357 e. The van der Waals surface area contributed by atoms with Crippen LogP contribution in [0.15, 0.2) is 47.6 Å². The van der Waals surface area contributed by atoms with E-state index in [-0.39, 0.29) is 0 Å². The standard InChI is InChI=1S/C13H13NS/c1-10-5-3-4-6-11(10)12-9-14-8-7-13(12)15-2/h3-9H,1-2H3. The Morgan fingerprint density at radius 3 is 2.60 bits per heavy atom. The molecule has 0 unspecified atom stereocenters. The second-order valence-corrected chi connectivity index (χ2v) is 4.24. The highest BCUT2D eigenvalue weighted by Crippen LogP contribution is 2.30. The van der Waals surface area contributed by atoms with Gasteiger partial charge in [0.15, 0.2) is 0 Å². The van der Waals surface area contributed by atoms with E-state index in [1.54, 1.807) is 11.8 Å². The minimum absolute atomic E-state index is 1.23. The third-order valence-corrected chi connectivity index (χ3v) is 3.23. The molecule has 0 amide bonds. The number of thioether (sulfide) groups is 1. The third-order valence-electron chi connectivity index (χ3n) is 2.44. The van der Waals surface area contributed by atoms with E-state index in [9.17, 15) is 0 Å². The first-order valence-electron chi connectivity index (χ1n) is 4.87. The molecule has 1 aromatic heterocycles. The van der Waals surface area contributed by atoms with Crippen molar-refractivity contribution in [2.75, 3.05) is 6.26 Å². The molecule has 0 N–H and O–H groups in total. The van der Waals surface area contributed by atoms with Gasteiger partial charge in [0.25, 0.3) is 0 Å². The summed E-state index contributed by atoms with van der Waals surface area (Å²) in [7, 11) is 0. The summed E-state index contributed by atoms with van der Waals surface area (Å²) in [6.45, 7) is 2.13. The smallest absolute Gasteiger partial charge is 0.0357 e. The van der Waals surface area contributed by atoms with Gasteiger partial charge in [0.05, 0.1) is 0 Å². The van der Waals surface area contributed by atoms with Crippen LogP contribution in [0.5, 0.6) is 0 Å². The summed E-state index contributed by atoms with van der Waals surface area (Å²) in [5.41, 5.74) is 3.79. The van der Waals surface area contributed by atoms with Gasteiger partial charge >= 0.3 is 0 Å². The lowest BCUT2D eigenvalue weighted by Gasteiger charge is -2.08. The van der Waals surface area contributed by atoms with Crippen LogP contribution in [-0.4, -0.2) is 11.2 Å². The molecule has 0 aliphatic heterocycles. The van der Waals surface area contributed by atoms with E-state index < -0.39 is 0 Å². The van der Waals surface area contributed by atoms with Crippen LogP contribution in [0.2, 0.25) is 0 Å². The molecule has 0 aliphatic carbocycles. The van der Waals surface area contributed by atoms with Gasteiger partial charge in [0, 0.05) is 22.9 Å². The van der Waals surface area contributed by atoms with Crippen LogP contribution >= 0.6 is 11.8 Å². The Balaban J connectivity index is 2.59. The number of hydrogen-bond acceptors (Lipinski definition) is 2. The van der Waals surface area contributed by atoms with E-state index in [1.165, 1.54) is 21.6 Å². The zero-order chi connectivity index (χ0) is 10.7. The fraction of sp³-hybridized carbons (Fsp3) is 0.154. The summed E-state index contributed by atoms with van der Waals surface area (Å²) in [5, 5.41) is 0. The maximum atomic E-state index is 4.20. The fourth-order valence-corrected chi connectivity index (χ4v) is 2.22. The molecule has 2 heteroatoms. The minimum atomic E-state index is 1.23.